The Kier molecular flexibility index (Phi) is 3.53. The first-order chi connectivity index (χ1) is 7.81. The number of hydrogen-bond donors (Lipinski definition) is 1. The maximum atomic E-state index is 11.9. The van der Waals surface area contributed by atoms with Crippen LogP contribution in [0.3, 0.4) is 0 Å². The zero-order valence-electron chi connectivity index (χ0n) is 9.13. The Hall–Kier alpha value is -1.40. The predicted molar refractivity (Wildman–Crippen MR) is 57.5 cm³/mol. The van der Waals surface area contributed by atoms with Crippen molar-refractivity contribution in [3.05, 3.63) is 18.2 Å². The van der Waals surface area contributed by atoms with Crippen molar-refractivity contribution in [2.75, 3.05) is 19.7 Å². The van der Waals surface area contributed by atoms with Gasteiger partial charge in [0.25, 0.3) is 5.91 Å². The fourth-order valence-corrected chi connectivity index (χ4v) is 1.63. The number of amides is 1. The van der Waals surface area contributed by atoms with E-state index in [1.807, 2.05) is 0 Å². The summed E-state index contributed by atoms with van der Waals surface area (Å²) in [6.45, 7) is 2.45. The minimum Gasteiger partial charge on any atom is -0.335 e. The lowest BCUT2D eigenvalue weighted by molar-refractivity contribution is -0.144. The van der Waals surface area contributed by atoms with Crippen LogP contribution in [0.4, 0.5) is 0 Å². The molecule has 0 radical (unpaired) electrons. The first kappa shape index (κ1) is 11.1. The molecule has 1 saturated heterocycles. The second-order valence-corrected chi connectivity index (χ2v) is 3.73. The van der Waals surface area contributed by atoms with Gasteiger partial charge in [0.15, 0.2) is 0 Å². The molecule has 2 heterocycles. The van der Waals surface area contributed by atoms with Crippen LogP contribution in [-0.4, -0.2) is 40.2 Å². The Bertz CT molecular complexity index is 357. The molecule has 88 valence electrons. The smallest absolute Gasteiger partial charge is 0.297 e. The largest absolute Gasteiger partial charge is 0.335 e. The van der Waals surface area contributed by atoms with Crippen molar-refractivity contribution in [3.63, 3.8) is 0 Å². The van der Waals surface area contributed by atoms with Crippen molar-refractivity contribution >= 4 is 5.91 Å². The third-order valence-electron chi connectivity index (χ3n) is 2.47. The second kappa shape index (κ2) is 5.09. The molecule has 1 aromatic rings. The van der Waals surface area contributed by atoms with Crippen LogP contribution in [0, 0.1) is 0 Å². The van der Waals surface area contributed by atoms with Crippen molar-refractivity contribution in [2.45, 2.75) is 19.4 Å². The maximum absolute atomic E-state index is 11.9. The zero-order valence-corrected chi connectivity index (χ0v) is 9.13. The summed E-state index contributed by atoms with van der Waals surface area (Å²) < 4.78 is 1.80. The van der Waals surface area contributed by atoms with Gasteiger partial charge >= 0.3 is 0 Å². The van der Waals surface area contributed by atoms with E-state index in [9.17, 15) is 4.79 Å². The molecule has 6 nitrogen and oxygen atoms in total. The zero-order chi connectivity index (χ0) is 11.4. The fraction of sp³-hybridized carbons (Fsp3) is 0.600. The summed E-state index contributed by atoms with van der Waals surface area (Å²) in [5, 5.41) is 1.39. The summed E-state index contributed by atoms with van der Waals surface area (Å²) in [6, 6.07) is 0. The van der Waals surface area contributed by atoms with Crippen LogP contribution in [0.25, 0.3) is 0 Å². The molecule has 0 bridgehead atoms. The SMILES string of the molecule is NCCn1cnc(C(=O)N2CCCCO2)c1. The Morgan fingerprint density at radius 2 is 2.44 bits per heavy atom. The Labute approximate surface area is 93.9 Å². The molecule has 0 atom stereocenters. The molecular weight excluding hydrogens is 208 g/mol. The molecule has 1 aliphatic rings. The van der Waals surface area contributed by atoms with E-state index in [2.05, 4.69) is 4.98 Å². The molecule has 1 fully saturated rings. The molecule has 0 aliphatic carbocycles. The van der Waals surface area contributed by atoms with Crippen molar-refractivity contribution in [1.29, 1.82) is 0 Å². The average molecular weight is 224 g/mol. The molecule has 1 amide bonds. The number of imidazole rings is 1. The lowest BCUT2D eigenvalue weighted by Crippen LogP contribution is -2.35. The van der Waals surface area contributed by atoms with Gasteiger partial charge in [-0.05, 0) is 12.8 Å². The van der Waals surface area contributed by atoms with Crippen LogP contribution in [0.2, 0.25) is 0 Å². The van der Waals surface area contributed by atoms with E-state index in [4.69, 9.17) is 10.6 Å². The summed E-state index contributed by atoms with van der Waals surface area (Å²) in [4.78, 5) is 21.2. The highest BCUT2D eigenvalue weighted by molar-refractivity contribution is 5.91. The molecular formula is C10H16N4O2. The van der Waals surface area contributed by atoms with Crippen LogP contribution in [0.15, 0.2) is 12.5 Å². The molecule has 1 aliphatic heterocycles. The molecule has 16 heavy (non-hydrogen) atoms. The summed E-state index contributed by atoms with van der Waals surface area (Å²) in [5.41, 5.74) is 5.83. The van der Waals surface area contributed by atoms with E-state index in [0.29, 0.717) is 31.9 Å². The Morgan fingerprint density at radius 1 is 1.56 bits per heavy atom. The highest BCUT2D eigenvalue weighted by Gasteiger charge is 2.21. The summed E-state index contributed by atoms with van der Waals surface area (Å²) >= 11 is 0. The first-order valence-corrected chi connectivity index (χ1v) is 5.48. The molecule has 0 spiro atoms. The third kappa shape index (κ3) is 2.40. The molecule has 2 N–H and O–H groups in total. The Balaban J connectivity index is 2.01. The van der Waals surface area contributed by atoms with Gasteiger partial charge in [0.2, 0.25) is 0 Å². The highest BCUT2D eigenvalue weighted by atomic mass is 16.7. The topological polar surface area (TPSA) is 73.4 Å². The van der Waals surface area contributed by atoms with Crippen molar-refractivity contribution < 1.29 is 9.63 Å². The van der Waals surface area contributed by atoms with Crippen LogP contribution in [0.1, 0.15) is 23.3 Å². The van der Waals surface area contributed by atoms with Crippen molar-refractivity contribution in [2.24, 2.45) is 5.73 Å². The number of hydroxylamine groups is 2. The van der Waals surface area contributed by atoms with Crippen molar-refractivity contribution in [3.8, 4) is 0 Å². The molecule has 0 unspecified atom stereocenters. The van der Waals surface area contributed by atoms with Crippen LogP contribution in [-0.2, 0) is 11.4 Å². The van der Waals surface area contributed by atoms with Gasteiger partial charge in [0, 0.05) is 25.8 Å². The van der Waals surface area contributed by atoms with E-state index in [-0.39, 0.29) is 5.91 Å². The monoisotopic (exact) mass is 224 g/mol. The minimum atomic E-state index is -0.171. The maximum Gasteiger partial charge on any atom is 0.297 e. The normalized spacial score (nSPS) is 16.4. The molecule has 1 aromatic heterocycles. The van der Waals surface area contributed by atoms with Gasteiger partial charge < -0.3 is 10.3 Å². The van der Waals surface area contributed by atoms with Crippen molar-refractivity contribution in [1.82, 2.24) is 14.6 Å². The van der Waals surface area contributed by atoms with E-state index >= 15 is 0 Å². The average Bonchev–Trinajstić information content (AvgIpc) is 2.78. The number of nitrogens with zero attached hydrogens (tertiary/aromatic N) is 3. The molecule has 0 saturated carbocycles. The summed E-state index contributed by atoms with van der Waals surface area (Å²) in [5.74, 6) is -0.171. The van der Waals surface area contributed by atoms with Crippen LogP contribution < -0.4 is 5.73 Å². The Morgan fingerprint density at radius 3 is 3.12 bits per heavy atom. The lowest BCUT2D eigenvalue weighted by atomic mass is 10.3. The molecule has 6 heteroatoms. The summed E-state index contributed by atoms with van der Waals surface area (Å²) in [7, 11) is 0. The number of carbonyl (C=O) groups is 1. The number of aromatic nitrogens is 2. The molecule has 0 aromatic carbocycles. The number of carbonyl (C=O) groups excluding carboxylic acids is 1. The van der Waals surface area contributed by atoms with Gasteiger partial charge in [-0.1, -0.05) is 0 Å². The number of nitrogens with two attached hydrogens (primary N) is 1. The van der Waals surface area contributed by atoms with Gasteiger partial charge in [-0.25, -0.2) is 10.0 Å². The highest BCUT2D eigenvalue weighted by Crippen LogP contribution is 2.10. The number of rotatable bonds is 3. The second-order valence-electron chi connectivity index (χ2n) is 3.73. The van der Waals surface area contributed by atoms with E-state index < -0.39 is 0 Å². The predicted octanol–water partition coefficient (Wildman–Crippen LogP) is 0.00940. The van der Waals surface area contributed by atoms with E-state index in [1.54, 1.807) is 17.1 Å². The minimum absolute atomic E-state index is 0.171. The summed E-state index contributed by atoms with van der Waals surface area (Å²) in [6.07, 6.45) is 5.30. The van der Waals surface area contributed by atoms with Crippen LogP contribution in [0.5, 0.6) is 0 Å². The third-order valence-corrected chi connectivity index (χ3v) is 2.47. The van der Waals surface area contributed by atoms with E-state index in [0.717, 1.165) is 12.8 Å². The van der Waals surface area contributed by atoms with Gasteiger partial charge in [0.1, 0.15) is 5.69 Å². The quantitative estimate of drug-likeness (QED) is 0.785. The van der Waals surface area contributed by atoms with Gasteiger partial charge in [-0.15, -0.1) is 0 Å². The van der Waals surface area contributed by atoms with Gasteiger partial charge in [0.05, 0.1) is 12.9 Å². The van der Waals surface area contributed by atoms with E-state index in [1.165, 1.54) is 5.06 Å². The number of hydrogen-bond acceptors (Lipinski definition) is 4. The van der Waals surface area contributed by atoms with Gasteiger partial charge in [-0.2, -0.15) is 0 Å². The first-order valence-electron chi connectivity index (χ1n) is 5.48. The standard InChI is InChI=1S/C10H16N4O2/c11-3-5-13-7-9(12-8-13)10(15)14-4-1-2-6-16-14/h7-8H,1-6,11H2. The molecule has 2 rings (SSSR count). The lowest BCUT2D eigenvalue weighted by Gasteiger charge is -2.24. The fourth-order valence-electron chi connectivity index (χ4n) is 1.63. The van der Waals surface area contributed by atoms with Gasteiger partial charge in [-0.3, -0.25) is 9.63 Å². The van der Waals surface area contributed by atoms with Crippen LogP contribution >= 0.6 is 0 Å².